The van der Waals surface area contributed by atoms with E-state index in [9.17, 15) is 4.39 Å². The van der Waals surface area contributed by atoms with Crippen LogP contribution < -0.4 is 0 Å². The first-order chi connectivity index (χ1) is 22.2. The topological polar surface area (TPSA) is 9.23 Å². The molecule has 0 bridgehead atoms. The predicted octanol–water partition coefficient (Wildman–Crippen LogP) is 16.1. The first kappa shape index (κ1) is 44.9. The van der Waals surface area contributed by atoms with Gasteiger partial charge >= 0.3 is 0 Å². The second-order valence-electron chi connectivity index (χ2n) is 15.4. The van der Waals surface area contributed by atoms with Crippen LogP contribution in [-0.4, -0.2) is 19.9 Å². The second kappa shape index (κ2) is 38.3. The van der Waals surface area contributed by atoms with Crippen molar-refractivity contribution >= 4 is 0 Å². The fraction of sp³-hybridized carbons (Fsp3) is 1.00. The van der Waals surface area contributed by atoms with Crippen LogP contribution in [0.5, 0.6) is 0 Å². The smallest absolute Gasteiger partial charge is 0.0894 e. The van der Waals surface area contributed by atoms with Crippen molar-refractivity contribution in [2.75, 3.05) is 19.9 Å². The molecule has 272 valence electrons. The summed E-state index contributed by atoms with van der Waals surface area (Å²) in [5.74, 6) is 0. The highest BCUT2D eigenvalue weighted by molar-refractivity contribution is 4.74. The van der Waals surface area contributed by atoms with E-state index in [4.69, 9.17) is 4.74 Å². The van der Waals surface area contributed by atoms with E-state index in [2.05, 4.69) is 20.8 Å². The Morgan fingerprint density at radius 2 is 0.622 bits per heavy atom. The quantitative estimate of drug-likeness (QED) is 0.0607. The van der Waals surface area contributed by atoms with Gasteiger partial charge < -0.3 is 4.74 Å². The summed E-state index contributed by atoms with van der Waals surface area (Å²) >= 11 is 0. The molecule has 0 fully saturated rings. The number of rotatable bonds is 40. The maximum absolute atomic E-state index is 12.2. The summed E-state index contributed by atoms with van der Waals surface area (Å²) in [6, 6.07) is 0. The van der Waals surface area contributed by atoms with Gasteiger partial charge in [-0.3, -0.25) is 4.39 Å². The minimum absolute atomic E-state index is 0.144. The van der Waals surface area contributed by atoms with Crippen molar-refractivity contribution in [3.05, 3.63) is 0 Å². The number of ether oxygens (including phenoxy) is 1. The van der Waals surface area contributed by atoms with Crippen LogP contribution in [0.25, 0.3) is 0 Å². The molecule has 2 heteroatoms. The first-order valence-electron chi connectivity index (χ1n) is 21.3. The lowest BCUT2D eigenvalue weighted by Gasteiger charge is -2.30. The number of hydrogen-bond donors (Lipinski definition) is 0. The molecule has 1 nitrogen and oxygen atoms in total. The second-order valence-corrected chi connectivity index (χ2v) is 15.4. The number of unbranched alkanes of at least 4 members (excludes halogenated alkanes) is 31. The van der Waals surface area contributed by atoms with Crippen molar-refractivity contribution in [2.24, 2.45) is 5.41 Å². The third kappa shape index (κ3) is 36.6. The van der Waals surface area contributed by atoms with E-state index in [1.807, 2.05) is 0 Å². The summed E-state index contributed by atoms with van der Waals surface area (Å²) in [6.45, 7) is 8.91. The average molecular weight is 639 g/mol. The fourth-order valence-electron chi connectivity index (χ4n) is 7.09. The van der Waals surface area contributed by atoms with Gasteiger partial charge in [-0.05, 0) is 31.1 Å². The Bertz CT molecular complexity index is 490. The van der Waals surface area contributed by atoms with Gasteiger partial charge in [-0.25, -0.2) is 0 Å². The Morgan fingerprint density at radius 1 is 0.356 bits per heavy atom. The van der Waals surface area contributed by atoms with Gasteiger partial charge in [0.15, 0.2) is 0 Å². The molecular formula is C43H87FO. The monoisotopic (exact) mass is 639 g/mol. The van der Waals surface area contributed by atoms with Crippen molar-refractivity contribution in [3.63, 3.8) is 0 Å². The van der Waals surface area contributed by atoms with Gasteiger partial charge in [0.05, 0.1) is 13.3 Å². The van der Waals surface area contributed by atoms with Crippen molar-refractivity contribution in [3.8, 4) is 0 Å². The minimum Gasteiger partial charge on any atom is -0.381 e. The third-order valence-corrected chi connectivity index (χ3v) is 10.4. The maximum atomic E-state index is 12.2. The van der Waals surface area contributed by atoms with Crippen LogP contribution in [0.4, 0.5) is 4.39 Å². The molecule has 0 aromatic rings. The summed E-state index contributed by atoms with van der Waals surface area (Å²) in [4.78, 5) is 0. The number of halogens is 1. The Balaban J connectivity index is 4.06. The van der Waals surface area contributed by atoms with Gasteiger partial charge in [-0.1, -0.05) is 226 Å². The summed E-state index contributed by atoms with van der Waals surface area (Å²) < 4.78 is 18.6. The Kier molecular flexibility index (Phi) is 38.2. The zero-order valence-corrected chi connectivity index (χ0v) is 31.9. The van der Waals surface area contributed by atoms with Crippen LogP contribution in [-0.2, 0) is 4.74 Å². The van der Waals surface area contributed by atoms with E-state index in [0.717, 1.165) is 26.1 Å². The van der Waals surface area contributed by atoms with Crippen LogP contribution in [0.15, 0.2) is 0 Å². The van der Waals surface area contributed by atoms with Crippen LogP contribution in [0, 0.1) is 5.41 Å². The molecular weight excluding hydrogens is 551 g/mol. The lowest BCUT2D eigenvalue weighted by molar-refractivity contribution is 0.0378. The largest absolute Gasteiger partial charge is 0.381 e. The van der Waals surface area contributed by atoms with Crippen LogP contribution >= 0.6 is 0 Å². The van der Waals surface area contributed by atoms with Gasteiger partial charge in [0, 0.05) is 6.61 Å². The molecule has 0 aromatic carbocycles. The fourth-order valence-corrected chi connectivity index (χ4v) is 7.09. The van der Waals surface area contributed by atoms with Crippen LogP contribution in [0.3, 0.4) is 0 Å². The Labute approximate surface area is 285 Å². The molecule has 0 aliphatic carbocycles. The normalized spacial score (nSPS) is 12.0. The molecule has 0 aromatic heterocycles. The van der Waals surface area contributed by atoms with E-state index in [1.54, 1.807) is 0 Å². The number of alkyl halides is 1. The van der Waals surface area contributed by atoms with E-state index in [0.29, 0.717) is 5.41 Å². The van der Waals surface area contributed by atoms with Gasteiger partial charge in [0.25, 0.3) is 0 Å². The highest BCUT2D eigenvalue weighted by Gasteiger charge is 2.23. The van der Waals surface area contributed by atoms with Crippen molar-refractivity contribution < 1.29 is 9.13 Å². The predicted molar refractivity (Wildman–Crippen MR) is 202 cm³/mol. The molecule has 0 saturated heterocycles. The molecule has 0 atom stereocenters. The zero-order valence-electron chi connectivity index (χ0n) is 31.9. The number of hydrogen-bond acceptors (Lipinski definition) is 1. The molecule has 0 saturated carbocycles. The molecule has 0 heterocycles. The average Bonchev–Trinajstić information content (AvgIpc) is 3.04. The van der Waals surface area contributed by atoms with Gasteiger partial charge in [-0.15, -0.1) is 0 Å². The molecule has 0 aliphatic heterocycles. The molecule has 0 spiro atoms. The van der Waals surface area contributed by atoms with Crippen LogP contribution in [0.2, 0.25) is 0 Å². The lowest BCUT2D eigenvalue weighted by Crippen LogP contribution is -2.24. The van der Waals surface area contributed by atoms with Gasteiger partial charge in [0.1, 0.15) is 0 Å². The minimum atomic E-state index is -0.144. The summed E-state index contributed by atoms with van der Waals surface area (Å²) in [5.41, 5.74) is 0.367. The summed E-state index contributed by atoms with van der Waals surface area (Å²) in [7, 11) is 0. The third-order valence-electron chi connectivity index (χ3n) is 10.4. The maximum Gasteiger partial charge on any atom is 0.0894 e. The summed E-state index contributed by atoms with van der Waals surface area (Å²) in [6.07, 6.45) is 49.4. The van der Waals surface area contributed by atoms with Crippen molar-refractivity contribution in [2.45, 2.75) is 252 Å². The molecule has 0 rings (SSSR count). The molecule has 0 radical (unpaired) electrons. The highest BCUT2D eigenvalue weighted by Crippen LogP contribution is 2.32. The van der Waals surface area contributed by atoms with Gasteiger partial charge in [-0.2, -0.15) is 0 Å². The molecule has 0 N–H and O–H groups in total. The Hall–Kier alpha value is -0.110. The van der Waals surface area contributed by atoms with E-state index in [-0.39, 0.29) is 6.67 Å². The molecule has 45 heavy (non-hydrogen) atoms. The molecule has 0 amide bonds. The zero-order chi connectivity index (χ0) is 32.8. The molecule has 0 unspecified atom stereocenters. The summed E-state index contributed by atoms with van der Waals surface area (Å²) in [5, 5.41) is 0. The SMILES string of the molecule is CCCCCCCCCCCCCCCC(C)(CCCCCCCCCCCCCCC)COCCCCCCCCCCF. The standard InChI is InChI=1S/C43H87FO/c1-4-6-8-10-12-14-16-18-20-22-26-30-34-38-43(3,42-45-41-37-33-29-25-24-28-32-36-40-44)39-35-31-27-23-21-19-17-15-13-11-9-7-5-2/h4-42H2,1-3H3. The highest BCUT2D eigenvalue weighted by atomic mass is 19.1. The first-order valence-corrected chi connectivity index (χ1v) is 21.3. The van der Waals surface area contributed by atoms with Crippen LogP contribution in [0.1, 0.15) is 252 Å². The van der Waals surface area contributed by atoms with Crippen molar-refractivity contribution in [1.82, 2.24) is 0 Å². The lowest BCUT2D eigenvalue weighted by atomic mass is 9.80. The van der Waals surface area contributed by atoms with E-state index < -0.39 is 0 Å². The van der Waals surface area contributed by atoms with Crippen molar-refractivity contribution in [1.29, 1.82) is 0 Å². The molecule has 0 aliphatic rings. The Morgan fingerprint density at radius 3 is 0.933 bits per heavy atom. The van der Waals surface area contributed by atoms with E-state index in [1.165, 1.54) is 218 Å². The van der Waals surface area contributed by atoms with Gasteiger partial charge in [0.2, 0.25) is 0 Å². The van der Waals surface area contributed by atoms with E-state index >= 15 is 0 Å².